The molecule has 0 aliphatic heterocycles. The standard InChI is InChI=1S/C19H17N5O3S2/c1-27-22-9-16-24-17-18(28-16)14-6-5-13(8-15(14)23-19(17)20)12-4-2-3-11(7-12)10-29(21,25)26/h2-9H,10H2,1H3,(H2,20,23)(H2,21,25,26). The van der Waals surface area contributed by atoms with E-state index in [2.05, 4.69) is 15.1 Å². The molecular weight excluding hydrogens is 410 g/mol. The maximum absolute atomic E-state index is 11.4. The third kappa shape index (κ3) is 4.04. The van der Waals surface area contributed by atoms with E-state index in [1.54, 1.807) is 18.2 Å². The summed E-state index contributed by atoms with van der Waals surface area (Å²) in [5, 5.41) is 10.5. The SMILES string of the molecule is CON=Cc1nc2c(N)nc3cc(-c4cccc(CS(N)(=O)=O)c4)ccc3c2s1. The summed E-state index contributed by atoms with van der Waals surface area (Å²) in [4.78, 5) is 13.7. The van der Waals surface area contributed by atoms with Crippen LogP contribution in [0.3, 0.4) is 0 Å². The molecule has 29 heavy (non-hydrogen) atoms. The Bertz CT molecular complexity index is 1360. The maximum atomic E-state index is 11.4. The number of oxime groups is 1. The molecule has 4 aromatic rings. The molecule has 0 atom stereocenters. The Balaban J connectivity index is 1.82. The molecule has 2 aromatic carbocycles. The monoisotopic (exact) mass is 427 g/mol. The van der Waals surface area contributed by atoms with Crippen LogP contribution >= 0.6 is 11.3 Å². The van der Waals surface area contributed by atoms with Gasteiger partial charge >= 0.3 is 0 Å². The van der Waals surface area contributed by atoms with Crippen molar-refractivity contribution in [1.29, 1.82) is 0 Å². The minimum Gasteiger partial charge on any atom is -0.399 e. The molecule has 2 heterocycles. The summed E-state index contributed by atoms with van der Waals surface area (Å²) in [5.74, 6) is 0.119. The molecule has 2 aromatic heterocycles. The second kappa shape index (κ2) is 7.39. The number of pyridine rings is 1. The average molecular weight is 428 g/mol. The molecule has 4 rings (SSSR count). The molecule has 148 valence electrons. The summed E-state index contributed by atoms with van der Waals surface area (Å²) >= 11 is 1.45. The molecule has 0 saturated heterocycles. The molecule has 0 aliphatic carbocycles. The van der Waals surface area contributed by atoms with E-state index in [1.807, 2.05) is 24.3 Å². The summed E-state index contributed by atoms with van der Waals surface area (Å²) in [6.45, 7) is 0. The van der Waals surface area contributed by atoms with E-state index < -0.39 is 10.0 Å². The van der Waals surface area contributed by atoms with Crippen molar-refractivity contribution in [2.45, 2.75) is 5.75 Å². The topological polar surface area (TPSA) is 134 Å². The van der Waals surface area contributed by atoms with Gasteiger partial charge in [-0.15, -0.1) is 11.3 Å². The van der Waals surface area contributed by atoms with Crippen LogP contribution < -0.4 is 10.9 Å². The van der Waals surface area contributed by atoms with Gasteiger partial charge in [-0.1, -0.05) is 41.6 Å². The number of hydrogen-bond acceptors (Lipinski definition) is 8. The highest BCUT2D eigenvalue weighted by Crippen LogP contribution is 2.34. The number of thiazole rings is 1. The number of aromatic nitrogens is 2. The van der Waals surface area contributed by atoms with Crippen LogP contribution in [0.15, 0.2) is 47.6 Å². The largest absolute Gasteiger partial charge is 0.399 e. The Morgan fingerprint density at radius 1 is 1.17 bits per heavy atom. The van der Waals surface area contributed by atoms with Gasteiger partial charge in [0.05, 0.1) is 16.0 Å². The zero-order valence-electron chi connectivity index (χ0n) is 15.4. The van der Waals surface area contributed by atoms with Crippen LogP contribution in [0.5, 0.6) is 0 Å². The number of sulfonamides is 1. The summed E-state index contributed by atoms with van der Waals surface area (Å²) in [6, 6.07) is 13.1. The highest BCUT2D eigenvalue weighted by Gasteiger charge is 2.13. The summed E-state index contributed by atoms with van der Waals surface area (Å²) in [7, 11) is -2.13. The molecule has 0 bridgehead atoms. The van der Waals surface area contributed by atoms with Crippen molar-refractivity contribution in [2.24, 2.45) is 10.3 Å². The van der Waals surface area contributed by atoms with Gasteiger partial charge in [0.25, 0.3) is 0 Å². The first-order valence-electron chi connectivity index (χ1n) is 8.50. The molecule has 0 aliphatic rings. The number of rotatable bonds is 5. The molecular formula is C19H17N5O3S2. The van der Waals surface area contributed by atoms with E-state index >= 15 is 0 Å². The predicted molar refractivity (Wildman–Crippen MR) is 116 cm³/mol. The Hall–Kier alpha value is -3.08. The van der Waals surface area contributed by atoms with E-state index in [1.165, 1.54) is 24.7 Å². The molecule has 4 N–H and O–H groups in total. The minimum absolute atomic E-state index is 0.215. The van der Waals surface area contributed by atoms with Gasteiger partial charge in [0.1, 0.15) is 23.8 Å². The van der Waals surface area contributed by atoms with Crippen molar-refractivity contribution in [1.82, 2.24) is 9.97 Å². The van der Waals surface area contributed by atoms with Crippen molar-refractivity contribution in [3.63, 3.8) is 0 Å². The Morgan fingerprint density at radius 2 is 1.97 bits per heavy atom. The summed E-state index contributed by atoms with van der Waals surface area (Å²) in [6.07, 6.45) is 1.53. The number of nitrogen functional groups attached to an aromatic ring is 1. The predicted octanol–water partition coefficient (Wildman–Crippen LogP) is 2.86. The lowest BCUT2D eigenvalue weighted by atomic mass is 10.0. The van der Waals surface area contributed by atoms with Gasteiger partial charge in [0, 0.05) is 5.39 Å². The van der Waals surface area contributed by atoms with Crippen LogP contribution in [0.4, 0.5) is 5.82 Å². The highest BCUT2D eigenvalue weighted by atomic mass is 32.2. The van der Waals surface area contributed by atoms with E-state index in [9.17, 15) is 8.42 Å². The third-order valence-electron chi connectivity index (χ3n) is 4.27. The number of benzene rings is 2. The first kappa shape index (κ1) is 19.2. The fourth-order valence-corrected chi connectivity index (χ4v) is 4.71. The van der Waals surface area contributed by atoms with Crippen LogP contribution in [-0.2, 0) is 20.6 Å². The van der Waals surface area contributed by atoms with E-state index in [-0.39, 0.29) is 5.75 Å². The van der Waals surface area contributed by atoms with Gasteiger partial charge in [0.15, 0.2) is 5.82 Å². The van der Waals surface area contributed by atoms with Crippen molar-refractivity contribution in [3.8, 4) is 11.1 Å². The number of primary sulfonamides is 1. The van der Waals surface area contributed by atoms with Gasteiger partial charge in [-0.05, 0) is 22.8 Å². The minimum atomic E-state index is -3.60. The van der Waals surface area contributed by atoms with Gasteiger partial charge in [-0.2, -0.15) is 0 Å². The quantitative estimate of drug-likeness (QED) is 0.372. The van der Waals surface area contributed by atoms with Gasteiger partial charge in [-0.25, -0.2) is 23.5 Å². The zero-order valence-corrected chi connectivity index (χ0v) is 17.0. The Kier molecular flexibility index (Phi) is 4.91. The molecule has 0 amide bonds. The first-order chi connectivity index (χ1) is 13.8. The Morgan fingerprint density at radius 3 is 2.72 bits per heavy atom. The van der Waals surface area contributed by atoms with Gasteiger partial charge < -0.3 is 10.6 Å². The van der Waals surface area contributed by atoms with E-state index in [0.717, 1.165) is 26.7 Å². The molecule has 0 spiro atoms. The lowest BCUT2D eigenvalue weighted by molar-refractivity contribution is 0.215. The van der Waals surface area contributed by atoms with Gasteiger partial charge in [0.2, 0.25) is 10.0 Å². The molecule has 10 heteroatoms. The Labute approximate surface area is 170 Å². The van der Waals surface area contributed by atoms with Crippen molar-refractivity contribution in [3.05, 3.63) is 53.0 Å². The lowest BCUT2D eigenvalue weighted by Gasteiger charge is -2.07. The molecule has 8 nitrogen and oxygen atoms in total. The van der Waals surface area contributed by atoms with Crippen LogP contribution in [0.1, 0.15) is 10.6 Å². The molecule has 0 radical (unpaired) electrons. The second-order valence-corrected chi connectivity index (χ2v) is 9.03. The molecule has 0 fully saturated rings. The number of hydrogen-bond donors (Lipinski definition) is 2. The van der Waals surface area contributed by atoms with E-state index in [4.69, 9.17) is 15.7 Å². The number of nitrogens with two attached hydrogens (primary N) is 2. The lowest BCUT2D eigenvalue weighted by Crippen LogP contribution is -2.14. The second-order valence-electron chi connectivity index (χ2n) is 6.38. The first-order valence-corrected chi connectivity index (χ1v) is 11.0. The molecule has 0 unspecified atom stereocenters. The smallest absolute Gasteiger partial charge is 0.213 e. The van der Waals surface area contributed by atoms with Crippen LogP contribution in [0, 0.1) is 0 Å². The number of anilines is 1. The maximum Gasteiger partial charge on any atom is 0.213 e. The normalized spacial score (nSPS) is 12.2. The van der Waals surface area contributed by atoms with Crippen molar-refractivity contribution in [2.75, 3.05) is 12.8 Å². The number of nitrogens with zero attached hydrogens (tertiary/aromatic N) is 3. The molecule has 0 saturated carbocycles. The number of fused-ring (bicyclic) bond motifs is 3. The van der Waals surface area contributed by atoms with Crippen LogP contribution in [-0.4, -0.2) is 31.7 Å². The van der Waals surface area contributed by atoms with Crippen LogP contribution in [0.25, 0.3) is 32.2 Å². The van der Waals surface area contributed by atoms with E-state index in [0.29, 0.717) is 21.9 Å². The summed E-state index contributed by atoms with van der Waals surface area (Å²) < 4.78 is 23.7. The van der Waals surface area contributed by atoms with Crippen molar-refractivity contribution >= 4 is 54.5 Å². The zero-order chi connectivity index (χ0) is 20.6. The summed E-state index contributed by atoms with van der Waals surface area (Å²) in [5.41, 5.74) is 9.86. The van der Waals surface area contributed by atoms with Gasteiger partial charge in [-0.3, -0.25) is 0 Å². The third-order valence-corrected chi connectivity index (χ3v) is 6.03. The fourth-order valence-electron chi connectivity index (χ4n) is 3.10. The van der Waals surface area contributed by atoms with Crippen molar-refractivity contribution < 1.29 is 13.3 Å². The fraction of sp³-hybridized carbons (Fsp3) is 0.105. The van der Waals surface area contributed by atoms with Crippen LogP contribution in [0.2, 0.25) is 0 Å². The average Bonchev–Trinajstić information content (AvgIpc) is 3.10. The highest BCUT2D eigenvalue weighted by molar-refractivity contribution is 7.88.